The number of carbonyl (C=O) groups is 3. The summed E-state index contributed by atoms with van der Waals surface area (Å²) in [4.78, 5) is 37.9. The van der Waals surface area contributed by atoms with Crippen molar-refractivity contribution in [1.82, 2.24) is 10.2 Å². The van der Waals surface area contributed by atoms with Crippen LogP contribution in [0.25, 0.3) is 0 Å². The number of hydrogen-bond acceptors (Lipinski definition) is 8. The van der Waals surface area contributed by atoms with E-state index >= 15 is 0 Å². The molecule has 1 aliphatic heterocycles. The molecule has 3 rings (SSSR count). The molecule has 0 saturated carbocycles. The number of rotatable bonds is 7. The van der Waals surface area contributed by atoms with Gasteiger partial charge in [0.25, 0.3) is 0 Å². The number of thioether (sulfide) groups is 2. The molecule has 0 spiro atoms. The average molecular weight is 409 g/mol. The molecule has 2 aromatic rings. The van der Waals surface area contributed by atoms with E-state index in [1.807, 2.05) is 13.0 Å². The fourth-order valence-corrected chi connectivity index (χ4v) is 4.95. The molecule has 1 N–H and O–H groups in total. The van der Waals surface area contributed by atoms with Crippen LogP contribution in [-0.2, 0) is 14.4 Å². The first-order chi connectivity index (χ1) is 12.6. The maximum Gasteiger partial charge on any atom is 0.247 e. The largest absolute Gasteiger partial charge is 0.300 e. The van der Waals surface area contributed by atoms with Crippen LogP contribution in [0, 0.1) is 0 Å². The van der Waals surface area contributed by atoms with Gasteiger partial charge in [-0.25, -0.2) is 4.90 Å². The Morgan fingerprint density at radius 3 is 2.81 bits per heavy atom. The molecule has 0 aliphatic carbocycles. The number of amides is 3. The number of carbonyl (C=O) groups excluding carboxylic acids is 3. The summed E-state index contributed by atoms with van der Waals surface area (Å²) in [6, 6.07) is 8.81. The zero-order valence-electron chi connectivity index (χ0n) is 13.9. The Labute approximate surface area is 162 Å². The van der Waals surface area contributed by atoms with E-state index in [4.69, 9.17) is 0 Å². The average Bonchev–Trinajstić information content (AvgIpc) is 3.18. The van der Waals surface area contributed by atoms with Crippen LogP contribution in [0.4, 0.5) is 10.8 Å². The summed E-state index contributed by atoms with van der Waals surface area (Å²) in [5.41, 5.74) is 0.560. The van der Waals surface area contributed by atoms with Crippen molar-refractivity contribution in [2.45, 2.75) is 22.9 Å². The van der Waals surface area contributed by atoms with Crippen molar-refractivity contribution in [2.75, 3.05) is 21.7 Å². The number of benzene rings is 1. The van der Waals surface area contributed by atoms with Gasteiger partial charge in [-0.3, -0.25) is 19.7 Å². The summed E-state index contributed by atoms with van der Waals surface area (Å²) < 4.78 is 0.797. The number of para-hydroxylation sites is 1. The molecule has 1 saturated heterocycles. The minimum Gasteiger partial charge on any atom is -0.300 e. The summed E-state index contributed by atoms with van der Waals surface area (Å²) in [5, 5.41) is 10.4. The lowest BCUT2D eigenvalue weighted by atomic mass is 10.3. The second-order valence-electron chi connectivity index (χ2n) is 5.26. The van der Waals surface area contributed by atoms with Crippen molar-refractivity contribution in [3.63, 3.8) is 0 Å². The summed E-state index contributed by atoms with van der Waals surface area (Å²) in [5.74, 6) is 0.162. The van der Waals surface area contributed by atoms with Crippen molar-refractivity contribution in [2.24, 2.45) is 0 Å². The molecule has 2 heterocycles. The fourth-order valence-electron chi connectivity index (χ4n) is 2.36. The van der Waals surface area contributed by atoms with Crippen molar-refractivity contribution < 1.29 is 14.4 Å². The Morgan fingerprint density at radius 1 is 1.31 bits per heavy atom. The quantitative estimate of drug-likeness (QED) is 0.428. The van der Waals surface area contributed by atoms with Crippen molar-refractivity contribution in [3.05, 3.63) is 30.3 Å². The van der Waals surface area contributed by atoms with Gasteiger partial charge < -0.3 is 0 Å². The topological polar surface area (TPSA) is 92.3 Å². The van der Waals surface area contributed by atoms with Gasteiger partial charge in [0.05, 0.1) is 16.7 Å². The molecule has 1 aromatic carbocycles. The molecule has 7 nitrogen and oxygen atoms in total. The molecule has 1 atom stereocenters. The number of nitrogens with one attached hydrogen (secondary N) is 1. The van der Waals surface area contributed by atoms with Crippen molar-refractivity contribution in [1.29, 1.82) is 0 Å². The minimum absolute atomic E-state index is 0.0716. The van der Waals surface area contributed by atoms with Crippen LogP contribution in [0.15, 0.2) is 34.7 Å². The molecule has 1 aromatic heterocycles. The molecular formula is C16H16N4O3S3. The highest BCUT2D eigenvalue weighted by atomic mass is 32.2. The highest BCUT2D eigenvalue weighted by Crippen LogP contribution is 2.30. The van der Waals surface area contributed by atoms with Crippen LogP contribution in [0.5, 0.6) is 0 Å². The summed E-state index contributed by atoms with van der Waals surface area (Å²) in [6.07, 6.45) is 0.0990. The Bertz CT molecular complexity index is 812. The third-order valence-electron chi connectivity index (χ3n) is 3.46. The number of hydrogen-bond donors (Lipinski definition) is 1. The lowest BCUT2D eigenvalue weighted by molar-refractivity contribution is -0.121. The van der Waals surface area contributed by atoms with Gasteiger partial charge in [0.15, 0.2) is 4.34 Å². The molecule has 0 radical (unpaired) electrons. The van der Waals surface area contributed by atoms with Crippen molar-refractivity contribution in [3.8, 4) is 0 Å². The molecule has 136 valence electrons. The predicted molar refractivity (Wildman–Crippen MR) is 105 cm³/mol. The third-order valence-corrected chi connectivity index (χ3v) is 6.51. The van der Waals surface area contributed by atoms with Gasteiger partial charge in [-0.1, -0.05) is 48.2 Å². The van der Waals surface area contributed by atoms with Gasteiger partial charge in [-0.2, -0.15) is 0 Å². The van der Waals surface area contributed by atoms with Gasteiger partial charge in [0, 0.05) is 6.42 Å². The first-order valence-electron chi connectivity index (χ1n) is 7.88. The second-order valence-corrected chi connectivity index (χ2v) is 8.94. The molecular weight excluding hydrogens is 392 g/mol. The predicted octanol–water partition coefficient (Wildman–Crippen LogP) is 2.65. The first-order valence-corrected chi connectivity index (χ1v) is 10.7. The summed E-state index contributed by atoms with van der Waals surface area (Å²) in [7, 11) is 0. The maximum atomic E-state index is 12.5. The minimum atomic E-state index is -0.547. The highest BCUT2D eigenvalue weighted by Gasteiger charge is 2.39. The Hall–Kier alpha value is -1.91. The van der Waals surface area contributed by atoms with Crippen LogP contribution in [-0.4, -0.2) is 44.7 Å². The number of imide groups is 1. The Kier molecular flexibility index (Phi) is 6.28. The summed E-state index contributed by atoms with van der Waals surface area (Å²) >= 11 is 4.03. The maximum absolute atomic E-state index is 12.5. The third kappa shape index (κ3) is 4.43. The molecule has 3 amide bonds. The van der Waals surface area contributed by atoms with Crippen LogP contribution < -0.4 is 10.2 Å². The standard InChI is InChI=1S/C16H16N4O3S3/c1-2-24-16-19-18-15(26-16)17-12(21)9-25-11-8-13(22)20(14(11)23)10-6-4-3-5-7-10/h3-7,11H,2,8-9H2,1H3,(H,17,18,21)/t11-/m0/s1. The Morgan fingerprint density at radius 2 is 2.08 bits per heavy atom. The van der Waals surface area contributed by atoms with Gasteiger partial charge in [0.1, 0.15) is 0 Å². The van der Waals surface area contributed by atoms with Crippen LogP contribution >= 0.6 is 34.9 Å². The van der Waals surface area contributed by atoms with E-state index in [9.17, 15) is 14.4 Å². The zero-order valence-corrected chi connectivity index (χ0v) is 16.3. The Balaban J connectivity index is 1.53. The van der Waals surface area contributed by atoms with E-state index < -0.39 is 5.25 Å². The molecule has 0 unspecified atom stereocenters. The van der Waals surface area contributed by atoms with E-state index in [2.05, 4.69) is 15.5 Å². The van der Waals surface area contributed by atoms with E-state index in [0.717, 1.165) is 10.1 Å². The molecule has 0 bridgehead atoms. The van der Waals surface area contributed by atoms with E-state index in [1.54, 1.807) is 36.0 Å². The SMILES string of the molecule is CCSc1nnc(NC(=O)CS[C@H]2CC(=O)N(c3ccccc3)C2=O)s1. The monoisotopic (exact) mass is 408 g/mol. The molecule has 26 heavy (non-hydrogen) atoms. The van der Waals surface area contributed by atoms with E-state index in [1.165, 1.54) is 28.0 Å². The smallest absolute Gasteiger partial charge is 0.247 e. The number of anilines is 2. The van der Waals surface area contributed by atoms with Gasteiger partial charge in [-0.15, -0.1) is 22.0 Å². The van der Waals surface area contributed by atoms with Crippen LogP contribution in [0.3, 0.4) is 0 Å². The van der Waals surface area contributed by atoms with Crippen LogP contribution in [0.1, 0.15) is 13.3 Å². The lowest BCUT2D eigenvalue weighted by Crippen LogP contribution is -2.31. The summed E-state index contributed by atoms with van der Waals surface area (Å²) in [6.45, 7) is 2.01. The fraction of sp³-hybridized carbons (Fsp3) is 0.312. The second kappa shape index (κ2) is 8.65. The molecule has 1 aliphatic rings. The van der Waals surface area contributed by atoms with Gasteiger partial charge in [-0.05, 0) is 17.9 Å². The number of aromatic nitrogens is 2. The molecule has 1 fully saturated rings. The number of nitrogens with zero attached hydrogens (tertiary/aromatic N) is 3. The zero-order chi connectivity index (χ0) is 18.5. The van der Waals surface area contributed by atoms with Gasteiger partial charge in [0.2, 0.25) is 22.9 Å². The van der Waals surface area contributed by atoms with E-state index in [0.29, 0.717) is 10.8 Å². The molecule has 10 heteroatoms. The first kappa shape index (κ1) is 18.9. The highest BCUT2D eigenvalue weighted by molar-refractivity contribution is 8.01. The van der Waals surface area contributed by atoms with Crippen molar-refractivity contribution >= 4 is 63.4 Å². The normalized spacial score (nSPS) is 17.0. The van der Waals surface area contributed by atoms with E-state index in [-0.39, 0.29) is 29.9 Å². The van der Waals surface area contributed by atoms with Gasteiger partial charge >= 0.3 is 0 Å². The van der Waals surface area contributed by atoms with Crippen LogP contribution in [0.2, 0.25) is 0 Å². The lowest BCUT2D eigenvalue weighted by Gasteiger charge is -2.14.